The summed E-state index contributed by atoms with van der Waals surface area (Å²) >= 11 is 5.59. The number of benzene rings is 1. The van der Waals surface area contributed by atoms with E-state index in [4.69, 9.17) is 20.8 Å². The van der Waals surface area contributed by atoms with Gasteiger partial charge in [0.25, 0.3) is 0 Å². The molecule has 89 valence electrons. The molecule has 1 aromatic carbocycles. The number of rotatable bonds is 5. The highest BCUT2D eigenvalue weighted by atomic mass is 35.5. The maximum atomic E-state index is 5.59. The zero-order valence-corrected chi connectivity index (χ0v) is 9.98. The number of ether oxygens (including phenoxy) is 1. The van der Waals surface area contributed by atoms with Crippen LogP contribution in [0.15, 0.2) is 28.7 Å². The summed E-state index contributed by atoms with van der Waals surface area (Å²) in [6, 6.07) is 7.44. The molecular weight excluding hydrogens is 240 g/mol. The first-order chi connectivity index (χ1) is 8.33. The number of alkyl halides is 1. The number of aromatic nitrogens is 2. The quantitative estimate of drug-likeness (QED) is 0.767. The molecule has 17 heavy (non-hydrogen) atoms. The summed E-state index contributed by atoms with van der Waals surface area (Å²) < 4.78 is 10.8. The third kappa shape index (κ3) is 2.97. The molecule has 0 spiro atoms. The summed E-state index contributed by atoms with van der Waals surface area (Å²) in [5, 5.41) is 7.69. The fraction of sp³-hybridized carbons (Fsp3) is 0.250. The van der Waals surface area contributed by atoms with Crippen LogP contribution in [0.2, 0.25) is 0 Å². The topological polar surface area (TPSA) is 48.2 Å². The minimum atomic E-state index is 0.220. The molecular formula is C12H12ClN2O2. The van der Waals surface area contributed by atoms with E-state index < -0.39 is 0 Å². The molecule has 0 bridgehead atoms. The summed E-state index contributed by atoms with van der Waals surface area (Å²) in [5.41, 5.74) is 0.843. The van der Waals surface area contributed by atoms with Gasteiger partial charge in [0.1, 0.15) is 11.6 Å². The van der Waals surface area contributed by atoms with E-state index in [1.807, 2.05) is 24.3 Å². The van der Waals surface area contributed by atoms with Crippen molar-refractivity contribution >= 4 is 11.6 Å². The van der Waals surface area contributed by atoms with Gasteiger partial charge in [-0.3, -0.25) is 0 Å². The summed E-state index contributed by atoms with van der Waals surface area (Å²) in [5.74, 6) is 1.90. The van der Waals surface area contributed by atoms with Crippen molar-refractivity contribution < 1.29 is 9.15 Å². The van der Waals surface area contributed by atoms with Gasteiger partial charge in [-0.15, -0.1) is 21.8 Å². The van der Waals surface area contributed by atoms with Gasteiger partial charge in [0.05, 0.1) is 6.61 Å². The number of nitrogens with zero attached hydrogens (tertiary/aromatic N) is 2. The Labute approximate surface area is 105 Å². The SMILES string of the molecule is [CH2]CCOc1ccc(-c2nnc(CCl)o2)cc1. The third-order valence-electron chi connectivity index (χ3n) is 2.10. The molecule has 5 heteroatoms. The van der Waals surface area contributed by atoms with Gasteiger partial charge in [0.2, 0.25) is 11.8 Å². The number of halogens is 1. The van der Waals surface area contributed by atoms with E-state index in [-0.39, 0.29) is 5.88 Å². The zero-order chi connectivity index (χ0) is 12.1. The summed E-state index contributed by atoms with van der Waals surface area (Å²) in [4.78, 5) is 0. The van der Waals surface area contributed by atoms with E-state index in [0.717, 1.165) is 17.7 Å². The average molecular weight is 252 g/mol. The Balaban J connectivity index is 2.11. The van der Waals surface area contributed by atoms with Crippen molar-refractivity contribution in [2.75, 3.05) is 6.61 Å². The van der Waals surface area contributed by atoms with E-state index in [2.05, 4.69) is 17.1 Å². The Morgan fingerprint density at radius 3 is 2.59 bits per heavy atom. The first-order valence-corrected chi connectivity index (χ1v) is 5.77. The molecule has 0 unspecified atom stereocenters. The molecule has 4 nitrogen and oxygen atoms in total. The van der Waals surface area contributed by atoms with E-state index in [1.165, 1.54) is 0 Å². The Bertz CT molecular complexity index is 468. The Morgan fingerprint density at radius 1 is 1.24 bits per heavy atom. The second-order valence-corrected chi connectivity index (χ2v) is 3.63. The molecule has 0 amide bonds. The number of hydrogen-bond acceptors (Lipinski definition) is 4. The van der Waals surface area contributed by atoms with Crippen LogP contribution in [0.4, 0.5) is 0 Å². The van der Waals surface area contributed by atoms with Crippen LogP contribution < -0.4 is 4.74 Å². The molecule has 0 aliphatic rings. The predicted molar refractivity (Wildman–Crippen MR) is 64.8 cm³/mol. The first-order valence-electron chi connectivity index (χ1n) is 5.24. The van der Waals surface area contributed by atoms with E-state index >= 15 is 0 Å². The Morgan fingerprint density at radius 2 is 2.00 bits per heavy atom. The van der Waals surface area contributed by atoms with Crippen molar-refractivity contribution in [3.8, 4) is 17.2 Å². The molecule has 1 aromatic heterocycles. The number of hydrogen-bond donors (Lipinski definition) is 0. The maximum Gasteiger partial charge on any atom is 0.247 e. The smallest absolute Gasteiger partial charge is 0.247 e. The lowest BCUT2D eigenvalue weighted by Crippen LogP contribution is -1.94. The van der Waals surface area contributed by atoms with Gasteiger partial charge in [-0.2, -0.15) is 0 Å². The lowest BCUT2D eigenvalue weighted by atomic mass is 10.2. The van der Waals surface area contributed by atoms with Crippen molar-refractivity contribution in [3.05, 3.63) is 37.1 Å². The molecule has 1 heterocycles. The maximum absolute atomic E-state index is 5.59. The lowest BCUT2D eigenvalue weighted by Gasteiger charge is -2.03. The van der Waals surface area contributed by atoms with Crippen molar-refractivity contribution in [2.24, 2.45) is 0 Å². The van der Waals surface area contributed by atoms with Crippen LogP contribution in [0.1, 0.15) is 12.3 Å². The van der Waals surface area contributed by atoms with Gasteiger partial charge < -0.3 is 9.15 Å². The van der Waals surface area contributed by atoms with Gasteiger partial charge >= 0.3 is 0 Å². The van der Waals surface area contributed by atoms with Crippen LogP contribution in [0.25, 0.3) is 11.5 Å². The second-order valence-electron chi connectivity index (χ2n) is 3.36. The lowest BCUT2D eigenvalue weighted by molar-refractivity contribution is 0.324. The normalized spacial score (nSPS) is 10.5. The summed E-state index contributed by atoms with van der Waals surface area (Å²) in [7, 11) is 0. The Kier molecular flexibility index (Phi) is 3.98. The molecule has 0 atom stereocenters. The predicted octanol–water partition coefficient (Wildman–Crippen LogP) is 3.08. The molecule has 2 rings (SSSR count). The molecule has 1 radical (unpaired) electrons. The van der Waals surface area contributed by atoms with Crippen molar-refractivity contribution in [3.63, 3.8) is 0 Å². The van der Waals surface area contributed by atoms with Gasteiger partial charge in [-0.25, -0.2) is 0 Å². The Hall–Kier alpha value is -1.55. The molecule has 0 saturated carbocycles. The van der Waals surface area contributed by atoms with Crippen molar-refractivity contribution in [1.29, 1.82) is 0 Å². The van der Waals surface area contributed by atoms with Crippen LogP contribution >= 0.6 is 11.6 Å². The fourth-order valence-electron chi connectivity index (χ4n) is 1.31. The molecule has 0 aliphatic heterocycles. The second kappa shape index (κ2) is 5.68. The van der Waals surface area contributed by atoms with Crippen LogP contribution in [-0.2, 0) is 5.88 Å². The van der Waals surface area contributed by atoms with E-state index in [0.29, 0.717) is 18.4 Å². The van der Waals surface area contributed by atoms with Crippen molar-refractivity contribution in [1.82, 2.24) is 10.2 Å². The van der Waals surface area contributed by atoms with Crippen LogP contribution in [0, 0.1) is 6.92 Å². The zero-order valence-electron chi connectivity index (χ0n) is 9.23. The minimum Gasteiger partial charge on any atom is -0.494 e. The van der Waals surface area contributed by atoms with Crippen LogP contribution in [0.3, 0.4) is 0 Å². The summed E-state index contributed by atoms with van der Waals surface area (Å²) in [6.07, 6.45) is 0.741. The largest absolute Gasteiger partial charge is 0.494 e. The first kappa shape index (κ1) is 11.9. The third-order valence-corrected chi connectivity index (χ3v) is 2.32. The van der Waals surface area contributed by atoms with Gasteiger partial charge in [-0.05, 0) is 37.6 Å². The van der Waals surface area contributed by atoms with Crippen LogP contribution in [-0.4, -0.2) is 16.8 Å². The molecule has 2 aromatic rings. The molecule has 0 fully saturated rings. The van der Waals surface area contributed by atoms with Crippen molar-refractivity contribution in [2.45, 2.75) is 12.3 Å². The minimum absolute atomic E-state index is 0.220. The summed E-state index contributed by atoms with van der Waals surface area (Å²) in [6.45, 7) is 4.31. The highest BCUT2D eigenvalue weighted by Gasteiger charge is 2.07. The van der Waals surface area contributed by atoms with E-state index in [1.54, 1.807) is 0 Å². The average Bonchev–Trinajstić information content (AvgIpc) is 2.86. The van der Waals surface area contributed by atoms with Gasteiger partial charge in [0.15, 0.2) is 0 Å². The fourth-order valence-corrected chi connectivity index (χ4v) is 1.42. The van der Waals surface area contributed by atoms with Crippen LogP contribution in [0.5, 0.6) is 5.75 Å². The monoisotopic (exact) mass is 251 g/mol. The molecule has 0 N–H and O–H groups in total. The van der Waals surface area contributed by atoms with Gasteiger partial charge in [0, 0.05) is 5.56 Å². The van der Waals surface area contributed by atoms with Gasteiger partial charge in [-0.1, -0.05) is 0 Å². The molecule has 0 aliphatic carbocycles. The highest BCUT2D eigenvalue weighted by molar-refractivity contribution is 6.16. The highest BCUT2D eigenvalue weighted by Crippen LogP contribution is 2.21. The van der Waals surface area contributed by atoms with E-state index in [9.17, 15) is 0 Å². The molecule has 0 saturated heterocycles. The standard InChI is InChI=1S/C12H12ClN2O2/c1-2-7-16-10-5-3-9(4-6-10)12-15-14-11(8-13)17-12/h3-6H,1-2,7-8H2.